The number of aryl methyl sites for hydroxylation is 1. The number of ether oxygens (including phenoxy) is 2. The van der Waals surface area contributed by atoms with Gasteiger partial charge in [-0.1, -0.05) is 71.5 Å². The minimum absolute atomic E-state index is 0.0417. The Labute approximate surface area is 207 Å². The van der Waals surface area contributed by atoms with Crippen LogP contribution in [0.3, 0.4) is 0 Å². The van der Waals surface area contributed by atoms with Crippen molar-refractivity contribution in [2.45, 2.75) is 26.3 Å². The van der Waals surface area contributed by atoms with Gasteiger partial charge in [-0.25, -0.2) is 9.78 Å². The molecule has 0 unspecified atom stereocenters. The van der Waals surface area contributed by atoms with E-state index in [1.807, 2.05) is 55.5 Å². The summed E-state index contributed by atoms with van der Waals surface area (Å²) in [7, 11) is 0. The Bertz CT molecular complexity index is 1150. The van der Waals surface area contributed by atoms with E-state index in [4.69, 9.17) is 21.1 Å². The maximum atomic E-state index is 13.2. The highest BCUT2D eigenvalue weighted by Crippen LogP contribution is 2.33. The van der Waals surface area contributed by atoms with Crippen molar-refractivity contribution in [3.05, 3.63) is 70.9 Å². The van der Waals surface area contributed by atoms with Crippen molar-refractivity contribution < 1.29 is 19.1 Å². The lowest BCUT2D eigenvalue weighted by molar-refractivity contribution is -0.140. The summed E-state index contributed by atoms with van der Waals surface area (Å²) in [6.45, 7) is 2.95. The highest BCUT2D eigenvalue weighted by Gasteiger charge is 2.41. The lowest BCUT2D eigenvalue weighted by Gasteiger charge is -2.35. The van der Waals surface area contributed by atoms with E-state index in [2.05, 4.69) is 15.6 Å². The average Bonchev–Trinajstić information content (AvgIpc) is 3.23. The number of carbonyl (C=O) groups excluding carboxylic acids is 2. The van der Waals surface area contributed by atoms with E-state index in [9.17, 15) is 9.59 Å². The van der Waals surface area contributed by atoms with E-state index in [-0.39, 0.29) is 12.5 Å². The number of amides is 2. The molecule has 2 N–H and O–H groups in total. The molecule has 1 aromatic heterocycles. The molecule has 1 saturated heterocycles. The fraction of sp³-hybridized carbons (Fsp3) is 0.320. The van der Waals surface area contributed by atoms with E-state index < -0.39 is 11.5 Å². The van der Waals surface area contributed by atoms with Gasteiger partial charge in [0, 0.05) is 30.3 Å². The van der Waals surface area contributed by atoms with E-state index >= 15 is 0 Å². The second-order valence-corrected chi connectivity index (χ2v) is 9.57. The van der Waals surface area contributed by atoms with Crippen molar-refractivity contribution in [1.82, 2.24) is 10.3 Å². The second-order valence-electron chi connectivity index (χ2n) is 8.17. The Morgan fingerprint density at radius 3 is 2.56 bits per heavy atom. The fourth-order valence-corrected chi connectivity index (χ4v) is 4.91. The largest absolute Gasteiger partial charge is 0.448 e. The molecule has 0 spiro atoms. The van der Waals surface area contributed by atoms with E-state index in [0.29, 0.717) is 48.3 Å². The number of halogens is 1. The van der Waals surface area contributed by atoms with E-state index in [0.717, 1.165) is 16.1 Å². The maximum absolute atomic E-state index is 13.2. The summed E-state index contributed by atoms with van der Waals surface area (Å²) in [4.78, 5) is 30.3. The van der Waals surface area contributed by atoms with Crippen LogP contribution in [0.1, 0.15) is 24.1 Å². The van der Waals surface area contributed by atoms with Gasteiger partial charge in [0.05, 0.1) is 11.1 Å². The first kappa shape index (κ1) is 24.2. The van der Waals surface area contributed by atoms with Gasteiger partial charge >= 0.3 is 6.09 Å². The Balaban J connectivity index is 1.38. The third-order valence-electron chi connectivity index (χ3n) is 5.84. The van der Waals surface area contributed by atoms with Crippen LogP contribution in [-0.2, 0) is 20.8 Å². The smallest absolute Gasteiger partial charge is 0.412 e. The molecule has 0 saturated carbocycles. The standard InChI is InChI=1S/C25H26ClN3O4S/c1-17-21(34-22(28-17)18-7-3-2-4-8-18)29-24(31)33-16-25(11-13-32-14-12-25)23(30)27-15-19-9-5-6-10-20(19)26/h2-10H,11-16H2,1H3,(H,27,30)(H,29,31). The predicted octanol–water partition coefficient (Wildman–Crippen LogP) is 5.43. The van der Waals surface area contributed by atoms with Gasteiger partial charge in [0.1, 0.15) is 16.6 Å². The van der Waals surface area contributed by atoms with Crippen LogP contribution >= 0.6 is 22.9 Å². The molecule has 0 bridgehead atoms. The molecule has 1 aliphatic rings. The van der Waals surface area contributed by atoms with E-state index in [1.54, 1.807) is 6.07 Å². The first-order chi connectivity index (χ1) is 16.5. The summed E-state index contributed by atoms with van der Waals surface area (Å²) in [5, 5.41) is 7.76. The topological polar surface area (TPSA) is 89.5 Å². The molecule has 9 heteroatoms. The molecule has 4 rings (SSSR count). The summed E-state index contributed by atoms with van der Waals surface area (Å²) in [6.07, 6.45) is 0.315. The van der Waals surface area contributed by atoms with Crippen molar-refractivity contribution in [3.8, 4) is 10.6 Å². The molecule has 0 atom stereocenters. The molecule has 34 heavy (non-hydrogen) atoms. The number of hydrogen-bond acceptors (Lipinski definition) is 6. The van der Waals surface area contributed by atoms with Crippen molar-refractivity contribution in [1.29, 1.82) is 0 Å². The van der Waals surface area contributed by atoms with Crippen LogP contribution in [0.4, 0.5) is 9.80 Å². The normalized spacial score (nSPS) is 14.9. The Morgan fingerprint density at radius 2 is 1.82 bits per heavy atom. The molecule has 2 heterocycles. The Morgan fingerprint density at radius 1 is 1.12 bits per heavy atom. The lowest BCUT2D eigenvalue weighted by atomic mass is 9.80. The second kappa shape index (κ2) is 11.0. The van der Waals surface area contributed by atoms with Crippen LogP contribution in [0.15, 0.2) is 54.6 Å². The van der Waals surface area contributed by atoms with E-state index in [1.165, 1.54) is 11.3 Å². The van der Waals surface area contributed by atoms with Crippen molar-refractivity contribution in [2.75, 3.05) is 25.1 Å². The predicted molar refractivity (Wildman–Crippen MR) is 133 cm³/mol. The van der Waals surface area contributed by atoms with Gasteiger partial charge in [-0.2, -0.15) is 0 Å². The van der Waals surface area contributed by atoms with Crippen molar-refractivity contribution in [2.24, 2.45) is 5.41 Å². The minimum Gasteiger partial charge on any atom is -0.448 e. The third kappa shape index (κ3) is 5.75. The van der Waals surface area contributed by atoms with Gasteiger partial charge in [-0.3, -0.25) is 10.1 Å². The van der Waals surface area contributed by atoms with Crippen molar-refractivity contribution >= 4 is 39.9 Å². The number of carbonyl (C=O) groups is 2. The molecule has 7 nitrogen and oxygen atoms in total. The van der Waals surface area contributed by atoms with Gasteiger partial charge in [0.2, 0.25) is 5.91 Å². The molecule has 3 aromatic rings. The molecule has 178 valence electrons. The van der Waals surface area contributed by atoms with Crippen LogP contribution in [0.25, 0.3) is 10.6 Å². The van der Waals surface area contributed by atoms with Crippen LogP contribution in [0.5, 0.6) is 0 Å². The molecule has 1 fully saturated rings. The van der Waals surface area contributed by atoms with Crippen LogP contribution in [0, 0.1) is 12.3 Å². The summed E-state index contributed by atoms with van der Waals surface area (Å²) in [5.74, 6) is -0.177. The zero-order chi connectivity index (χ0) is 24.0. The molecule has 2 amide bonds. The molecular formula is C25H26ClN3O4S. The third-order valence-corrected chi connectivity index (χ3v) is 7.33. The number of nitrogens with one attached hydrogen (secondary N) is 2. The van der Waals surface area contributed by atoms with Gasteiger partial charge in [0.15, 0.2) is 0 Å². The number of hydrogen-bond donors (Lipinski definition) is 2. The molecule has 1 aliphatic heterocycles. The molecular weight excluding hydrogens is 474 g/mol. The first-order valence-corrected chi connectivity index (χ1v) is 12.2. The minimum atomic E-state index is -0.852. The van der Waals surface area contributed by atoms with Gasteiger partial charge in [-0.15, -0.1) is 0 Å². The number of thiazole rings is 1. The van der Waals surface area contributed by atoms with Crippen LogP contribution in [-0.4, -0.2) is 36.8 Å². The molecule has 0 aliphatic carbocycles. The average molecular weight is 500 g/mol. The van der Waals surface area contributed by atoms with Crippen LogP contribution < -0.4 is 10.6 Å². The fourth-order valence-electron chi connectivity index (χ4n) is 3.75. The summed E-state index contributed by atoms with van der Waals surface area (Å²) >= 11 is 7.59. The number of benzene rings is 2. The van der Waals surface area contributed by atoms with Gasteiger partial charge in [0.25, 0.3) is 0 Å². The monoisotopic (exact) mass is 499 g/mol. The summed E-state index contributed by atoms with van der Waals surface area (Å²) < 4.78 is 11.0. The van der Waals surface area contributed by atoms with Crippen molar-refractivity contribution in [3.63, 3.8) is 0 Å². The van der Waals surface area contributed by atoms with Gasteiger partial charge < -0.3 is 14.8 Å². The highest BCUT2D eigenvalue weighted by atomic mass is 35.5. The van der Waals surface area contributed by atoms with Gasteiger partial charge in [-0.05, 0) is 31.4 Å². The summed E-state index contributed by atoms with van der Waals surface area (Å²) in [6, 6.07) is 17.1. The highest BCUT2D eigenvalue weighted by molar-refractivity contribution is 7.19. The SMILES string of the molecule is Cc1nc(-c2ccccc2)sc1NC(=O)OCC1(C(=O)NCc2ccccc2Cl)CCOCC1. The first-order valence-electron chi connectivity index (χ1n) is 11.0. The van der Waals surface area contributed by atoms with Crippen LogP contribution in [0.2, 0.25) is 5.02 Å². The zero-order valence-electron chi connectivity index (χ0n) is 18.8. The maximum Gasteiger partial charge on any atom is 0.412 e. The number of nitrogens with zero attached hydrogens (tertiary/aromatic N) is 1. The number of aromatic nitrogens is 1. The summed E-state index contributed by atoms with van der Waals surface area (Å²) in [5.41, 5.74) is 1.66. The zero-order valence-corrected chi connectivity index (χ0v) is 20.4. The Hall–Kier alpha value is -2.94. The number of anilines is 1. The molecule has 0 radical (unpaired) electrons. The quantitative estimate of drug-likeness (QED) is 0.452. The number of rotatable bonds is 7. The molecule has 2 aromatic carbocycles. The Kier molecular flexibility index (Phi) is 7.82. The lowest BCUT2D eigenvalue weighted by Crippen LogP contribution is -2.48.